The van der Waals surface area contributed by atoms with Gasteiger partial charge in [0.1, 0.15) is 10.9 Å². The predicted molar refractivity (Wildman–Crippen MR) is 80.1 cm³/mol. The first kappa shape index (κ1) is 13.8. The average Bonchev–Trinajstić information content (AvgIpc) is 2.87. The van der Waals surface area contributed by atoms with Crippen molar-refractivity contribution in [2.45, 2.75) is 31.0 Å². The van der Waals surface area contributed by atoms with E-state index in [1.165, 1.54) is 17.3 Å². The molecule has 0 radical (unpaired) electrons. The van der Waals surface area contributed by atoms with E-state index in [0.717, 1.165) is 22.1 Å². The molecule has 0 aliphatic heterocycles. The van der Waals surface area contributed by atoms with Gasteiger partial charge >= 0.3 is 0 Å². The van der Waals surface area contributed by atoms with Gasteiger partial charge < -0.3 is 4.42 Å². The van der Waals surface area contributed by atoms with Gasteiger partial charge in [-0.1, -0.05) is 17.7 Å². The van der Waals surface area contributed by atoms with E-state index in [0.29, 0.717) is 11.1 Å². The molecule has 3 aromatic rings. The summed E-state index contributed by atoms with van der Waals surface area (Å²) in [5.74, 6) is 1.25. The first-order valence-electron chi connectivity index (χ1n) is 6.51. The van der Waals surface area contributed by atoms with Crippen molar-refractivity contribution in [1.29, 1.82) is 0 Å². The van der Waals surface area contributed by atoms with E-state index < -0.39 is 0 Å². The molecular weight excluding hydrogens is 284 g/mol. The molecule has 2 heterocycles. The predicted octanol–water partition coefficient (Wildman–Crippen LogP) is 3.60. The second-order valence-electron chi connectivity index (χ2n) is 4.74. The zero-order chi connectivity index (χ0) is 14.8. The van der Waals surface area contributed by atoms with Gasteiger partial charge in [-0.15, -0.1) is 10.2 Å². The number of nitrogens with zero attached hydrogens (tertiary/aromatic N) is 4. The number of benzene rings is 1. The summed E-state index contributed by atoms with van der Waals surface area (Å²) in [6.07, 6.45) is 0. The fraction of sp³-hybridized carbons (Fsp3) is 0.200. The lowest BCUT2D eigenvalue weighted by atomic mass is 10.1. The van der Waals surface area contributed by atoms with E-state index in [9.17, 15) is 0 Å². The van der Waals surface area contributed by atoms with Gasteiger partial charge in [0.2, 0.25) is 5.89 Å². The molecule has 0 bridgehead atoms. The molecule has 0 aliphatic rings. The van der Waals surface area contributed by atoms with Crippen molar-refractivity contribution in [3.63, 3.8) is 0 Å². The molecule has 21 heavy (non-hydrogen) atoms. The zero-order valence-corrected chi connectivity index (χ0v) is 12.8. The molecule has 0 fully saturated rings. The molecule has 0 atom stereocenters. The summed E-state index contributed by atoms with van der Waals surface area (Å²) in [5.41, 5.74) is 3.03. The Bertz CT molecular complexity index is 747. The van der Waals surface area contributed by atoms with Crippen LogP contribution in [0.3, 0.4) is 0 Å². The van der Waals surface area contributed by atoms with E-state index in [1.807, 2.05) is 51.1 Å². The zero-order valence-electron chi connectivity index (χ0n) is 12.0. The first-order chi connectivity index (χ1) is 10.1. The van der Waals surface area contributed by atoms with Crippen LogP contribution in [0.5, 0.6) is 0 Å². The minimum absolute atomic E-state index is 0.475. The quantitative estimate of drug-likeness (QED) is 0.688. The number of aromatic nitrogens is 4. The van der Waals surface area contributed by atoms with E-state index >= 15 is 0 Å². The van der Waals surface area contributed by atoms with Crippen molar-refractivity contribution in [3.05, 3.63) is 47.4 Å². The average molecular weight is 298 g/mol. The van der Waals surface area contributed by atoms with Crippen molar-refractivity contribution >= 4 is 11.8 Å². The van der Waals surface area contributed by atoms with E-state index in [4.69, 9.17) is 4.42 Å². The van der Waals surface area contributed by atoms with Crippen molar-refractivity contribution in [2.75, 3.05) is 0 Å². The Balaban J connectivity index is 1.83. The fourth-order valence-corrected chi connectivity index (χ4v) is 2.68. The summed E-state index contributed by atoms with van der Waals surface area (Å²) < 4.78 is 5.67. The lowest BCUT2D eigenvalue weighted by Crippen LogP contribution is -1.92. The highest BCUT2D eigenvalue weighted by molar-refractivity contribution is 7.99. The van der Waals surface area contributed by atoms with Crippen molar-refractivity contribution in [1.82, 2.24) is 20.2 Å². The van der Waals surface area contributed by atoms with Crippen molar-refractivity contribution < 1.29 is 4.42 Å². The molecular formula is C15H14N4OS. The van der Waals surface area contributed by atoms with E-state index in [1.54, 1.807) is 0 Å². The lowest BCUT2D eigenvalue weighted by molar-refractivity contribution is 0.465. The maximum Gasteiger partial charge on any atom is 0.283 e. The van der Waals surface area contributed by atoms with Crippen LogP contribution in [-0.2, 0) is 0 Å². The van der Waals surface area contributed by atoms with E-state index in [2.05, 4.69) is 20.2 Å². The van der Waals surface area contributed by atoms with Crippen LogP contribution in [0, 0.1) is 20.8 Å². The maximum atomic E-state index is 5.67. The van der Waals surface area contributed by atoms with Crippen molar-refractivity contribution in [2.24, 2.45) is 0 Å². The SMILES string of the molecule is Cc1ccc(-c2nnc(Sc3cc(C)nc(C)n3)o2)cc1. The smallest absolute Gasteiger partial charge is 0.283 e. The second kappa shape index (κ2) is 5.65. The highest BCUT2D eigenvalue weighted by Gasteiger charge is 2.11. The minimum atomic E-state index is 0.475. The number of aryl methyl sites for hydroxylation is 3. The van der Waals surface area contributed by atoms with Gasteiger partial charge in [-0.25, -0.2) is 9.97 Å². The lowest BCUT2D eigenvalue weighted by Gasteiger charge is -1.99. The Morgan fingerprint density at radius 1 is 0.952 bits per heavy atom. The molecule has 6 heteroatoms. The summed E-state index contributed by atoms with van der Waals surface area (Å²) in [4.78, 5) is 8.59. The van der Waals surface area contributed by atoms with Crippen LogP contribution in [0.2, 0.25) is 0 Å². The normalized spacial score (nSPS) is 10.8. The van der Waals surface area contributed by atoms with Gasteiger partial charge in [0.15, 0.2) is 0 Å². The molecule has 1 aromatic carbocycles. The molecule has 0 aliphatic carbocycles. The summed E-state index contributed by atoms with van der Waals surface area (Å²) in [7, 11) is 0. The van der Waals surface area contributed by atoms with Gasteiger partial charge in [0.25, 0.3) is 5.22 Å². The third-order valence-electron chi connectivity index (χ3n) is 2.84. The molecule has 0 spiro atoms. The van der Waals surface area contributed by atoms with Gasteiger partial charge in [0, 0.05) is 11.3 Å². The standard InChI is InChI=1S/C15H14N4OS/c1-9-4-6-12(7-5-9)14-18-19-15(20-14)21-13-8-10(2)16-11(3)17-13/h4-8H,1-3H3. The Morgan fingerprint density at radius 3 is 2.43 bits per heavy atom. The van der Waals surface area contributed by atoms with Crippen LogP contribution in [0.15, 0.2) is 45.0 Å². The number of hydrogen-bond acceptors (Lipinski definition) is 6. The van der Waals surface area contributed by atoms with Gasteiger partial charge in [-0.05, 0) is 50.7 Å². The van der Waals surface area contributed by atoms with E-state index in [-0.39, 0.29) is 0 Å². The molecule has 5 nitrogen and oxygen atoms in total. The third-order valence-corrected chi connectivity index (χ3v) is 3.60. The van der Waals surface area contributed by atoms with Gasteiger partial charge in [0.05, 0.1) is 0 Å². The largest absolute Gasteiger partial charge is 0.411 e. The first-order valence-corrected chi connectivity index (χ1v) is 7.32. The summed E-state index contributed by atoms with van der Waals surface area (Å²) in [5, 5.41) is 9.41. The van der Waals surface area contributed by atoms with Crippen molar-refractivity contribution in [3.8, 4) is 11.5 Å². The number of hydrogen-bond donors (Lipinski definition) is 0. The van der Waals surface area contributed by atoms with Crippen LogP contribution in [-0.4, -0.2) is 20.2 Å². The summed E-state index contributed by atoms with van der Waals surface area (Å²) in [6, 6.07) is 9.87. The molecule has 0 saturated carbocycles. The monoisotopic (exact) mass is 298 g/mol. The second-order valence-corrected chi connectivity index (χ2v) is 5.71. The van der Waals surface area contributed by atoms with Crippen LogP contribution >= 0.6 is 11.8 Å². The molecule has 0 amide bonds. The Hall–Kier alpha value is -2.21. The van der Waals surface area contributed by atoms with Gasteiger partial charge in [-0.3, -0.25) is 0 Å². The van der Waals surface area contributed by atoms with Gasteiger partial charge in [-0.2, -0.15) is 0 Å². The van der Waals surface area contributed by atoms with Crippen LogP contribution < -0.4 is 0 Å². The molecule has 0 saturated heterocycles. The van der Waals surface area contributed by atoms with Crippen LogP contribution in [0.25, 0.3) is 11.5 Å². The third kappa shape index (κ3) is 3.28. The minimum Gasteiger partial charge on any atom is -0.411 e. The van der Waals surface area contributed by atoms with Crippen LogP contribution in [0.4, 0.5) is 0 Å². The molecule has 3 rings (SSSR count). The molecule has 2 aromatic heterocycles. The van der Waals surface area contributed by atoms with Crippen LogP contribution in [0.1, 0.15) is 17.1 Å². The summed E-state index contributed by atoms with van der Waals surface area (Å²) in [6.45, 7) is 5.84. The fourth-order valence-electron chi connectivity index (χ4n) is 1.89. The molecule has 106 valence electrons. The molecule has 0 N–H and O–H groups in total. The topological polar surface area (TPSA) is 64.7 Å². The highest BCUT2D eigenvalue weighted by atomic mass is 32.2. The Kier molecular flexibility index (Phi) is 3.70. The maximum absolute atomic E-state index is 5.67. The Morgan fingerprint density at radius 2 is 1.71 bits per heavy atom. The molecule has 0 unspecified atom stereocenters. The number of rotatable bonds is 3. The Labute approximate surface area is 126 Å². The highest BCUT2D eigenvalue weighted by Crippen LogP contribution is 2.28. The summed E-state index contributed by atoms with van der Waals surface area (Å²) >= 11 is 1.34.